The van der Waals surface area contributed by atoms with Gasteiger partial charge in [0, 0.05) is 32.5 Å². The van der Waals surface area contributed by atoms with Crippen molar-refractivity contribution < 1.29 is 8.78 Å². The molecule has 0 aromatic carbocycles. The summed E-state index contributed by atoms with van der Waals surface area (Å²) in [6.45, 7) is 3.40. The van der Waals surface area contributed by atoms with Crippen LogP contribution < -0.4 is 5.32 Å². The van der Waals surface area contributed by atoms with Crippen LogP contribution in [0.5, 0.6) is 0 Å². The molecule has 0 saturated carbocycles. The average molecular weight is 208 g/mol. The van der Waals surface area contributed by atoms with Crippen molar-refractivity contribution in [3.8, 4) is 0 Å². The third-order valence-electron chi connectivity index (χ3n) is 2.11. The number of likely N-dealkylation sites (tertiary alicyclic amines) is 1. The molecule has 1 aliphatic heterocycles. The largest absolute Gasteiger partial charge is 0.363 e. The van der Waals surface area contributed by atoms with E-state index in [4.69, 9.17) is 12.2 Å². The molecule has 5 heteroatoms. The van der Waals surface area contributed by atoms with Crippen molar-refractivity contribution in [2.45, 2.75) is 25.7 Å². The molecular weight excluding hydrogens is 194 g/mol. The summed E-state index contributed by atoms with van der Waals surface area (Å²) in [5, 5.41) is 3.55. The summed E-state index contributed by atoms with van der Waals surface area (Å²) in [7, 11) is 0. The molecule has 76 valence electrons. The summed E-state index contributed by atoms with van der Waals surface area (Å²) in [6.07, 6.45) is -0.170. The van der Waals surface area contributed by atoms with Gasteiger partial charge in [-0.3, -0.25) is 0 Å². The second-order valence-corrected chi connectivity index (χ2v) is 3.57. The molecule has 0 aromatic rings. The molecule has 1 heterocycles. The lowest BCUT2D eigenvalue weighted by molar-refractivity contribution is -0.0435. The number of hydrogen-bond donors (Lipinski definition) is 1. The SMILES string of the molecule is CCNC(=S)N1CCC(F)(F)CC1. The second-order valence-electron chi connectivity index (χ2n) is 3.18. The lowest BCUT2D eigenvalue weighted by Gasteiger charge is -2.33. The maximum atomic E-state index is 12.7. The Balaban J connectivity index is 2.36. The van der Waals surface area contributed by atoms with Crippen LogP contribution in [0.2, 0.25) is 0 Å². The summed E-state index contributed by atoms with van der Waals surface area (Å²) >= 11 is 5.02. The Kier molecular flexibility index (Phi) is 3.41. The van der Waals surface area contributed by atoms with Crippen LogP contribution in [0.15, 0.2) is 0 Å². The fourth-order valence-corrected chi connectivity index (χ4v) is 1.63. The van der Waals surface area contributed by atoms with Gasteiger partial charge in [0.05, 0.1) is 0 Å². The van der Waals surface area contributed by atoms with E-state index in [1.54, 1.807) is 4.90 Å². The first-order valence-corrected chi connectivity index (χ1v) is 4.86. The smallest absolute Gasteiger partial charge is 0.251 e. The van der Waals surface area contributed by atoms with Gasteiger partial charge in [-0.05, 0) is 19.1 Å². The first-order chi connectivity index (χ1) is 6.05. The van der Waals surface area contributed by atoms with Crippen molar-refractivity contribution in [3.05, 3.63) is 0 Å². The number of alkyl halides is 2. The molecule has 1 rings (SSSR count). The van der Waals surface area contributed by atoms with Crippen molar-refractivity contribution in [3.63, 3.8) is 0 Å². The molecule has 2 nitrogen and oxygen atoms in total. The van der Waals surface area contributed by atoms with Gasteiger partial charge in [0.1, 0.15) is 0 Å². The Hall–Kier alpha value is -0.450. The Labute approximate surface area is 82.3 Å². The summed E-state index contributed by atoms with van der Waals surface area (Å²) in [4.78, 5) is 1.80. The predicted octanol–water partition coefficient (Wildman–Crippen LogP) is 1.61. The number of piperidine rings is 1. The van der Waals surface area contributed by atoms with Gasteiger partial charge < -0.3 is 10.2 Å². The van der Waals surface area contributed by atoms with Crippen LogP contribution in [-0.4, -0.2) is 35.6 Å². The van der Waals surface area contributed by atoms with Gasteiger partial charge >= 0.3 is 0 Å². The molecule has 13 heavy (non-hydrogen) atoms. The Morgan fingerprint density at radius 1 is 1.46 bits per heavy atom. The van der Waals surface area contributed by atoms with Crippen LogP contribution >= 0.6 is 12.2 Å². The summed E-state index contributed by atoms with van der Waals surface area (Å²) in [5.41, 5.74) is 0. The van der Waals surface area contributed by atoms with E-state index in [1.165, 1.54) is 0 Å². The van der Waals surface area contributed by atoms with Crippen LogP contribution in [0.4, 0.5) is 8.78 Å². The van der Waals surface area contributed by atoms with Crippen LogP contribution in [0.3, 0.4) is 0 Å². The fourth-order valence-electron chi connectivity index (χ4n) is 1.30. The van der Waals surface area contributed by atoms with E-state index in [0.29, 0.717) is 18.2 Å². The van der Waals surface area contributed by atoms with Gasteiger partial charge in [0.25, 0.3) is 5.92 Å². The zero-order valence-corrected chi connectivity index (χ0v) is 8.46. The highest BCUT2D eigenvalue weighted by Crippen LogP contribution is 2.27. The number of nitrogens with zero attached hydrogens (tertiary/aromatic N) is 1. The quantitative estimate of drug-likeness (QED) is 0.659. The van der Waals surface area contributed by atoms with Crippen molar-refractivity contribution in [2.75, 3.05) is 19.6 Å². The average Bonchev–Trinajstić information content (AvgIpc) is 2.04. The minimum atomic E-state index is -2.49. The van der Waals surface area contributed by atoms with E-state index < -0.39 is 5.92 Å². The third kappa shape index (κ3) is 3.06. The lowest BCUT2D eigenvalue weighted by Crippen LogP contribution is -2.46. The van der Waals surface area contributed by atoms with E-state index in [0.717, 1.165) is 6.54 Å². The first-order valence-electron chi connectivity index (χ1n) is 4.46. The van der Waals surface area contributed by atoms with Crippen LogP contribution in [0.1, 0.15) is 19.8 Å². The molecule has 0 spiro atoms. The summed E-state index contributed by atoms with van der Waals surface area (Å²) < 4.78 is 25.5. The number of halogens is 2. The zero-order chi connectivity index (χ0) is 9.90. The van der Waals surface area contributed by atoms with E-state index in [9.17, 15) is 8.78 Å². The van der Waals surface area contributed by atoms with Gasteiger partial charge in [0.2, 0.25) is 0 Å². The highest BCUT2D eigenvalue weighted by molar-refractivity contribution is 7.80. The van der Waals surface area contributed by atoms with Gasteiger partial charge in [-0.1, -0.05) is 0 Å². The third-order valence-corrected chi connectivity index (χ3v) is 2.51. The molecule has 0 atom stereocenters. The van der Waals surface area contributed by atoms with Crippen molar-refractivity contribution >= 4 is 17.3 Å². The summed E-state index contributed by atoms with van der Waals surface area (Å²) in [5.74, 6) is -2.49. The molecule has 0 amide bonds. The molecule has 1 N–H and O–H groups in total. The maximum Gasteiger partial charge on any atom is 0.251 e. The monoisotopic (exact) mass is 208 g/mol. The van der Waals surface area contributed by atoms with Crippen LogP contribution in [0.25, 0.3) is 0 Å². The minimum Gasteiger partial charge on any atom is -0.363 e. The van der Waals surface area contributed by atoms with Crippen molar-refractivity contribution in [2.24, 2.45) is 0 Å². The van der Waals surface area contributed by atoms with E-state index in [2.05, 4.69) is 5.32 Å². The van der Waals surface area contributed by atoms with Crippen LogP contribution in [0, 0.1) is 0 Å². The minimum absolute atomic E-state index is 0.0848. The first kappa shape index (κ1) is 10.6. The Morgan fingerprint density at radius 2 is 2.00 bits per heavy atom. The molecule has 0 aliphatic carbocycles. The van der Waals surface area contributed by atoms with Gasteiger partial charge in [-0.2, -0.15) is 0 Å². The standard InChI is InChI=1S/C8H14F2N2S/c1-2-11-7(13)12-5-3-8(9,10)4-6-12/h2-6H2,1H3,(H,11,13). The Bertz CT molecular complexity index is 187. The highest BCUT2D eigenvalue weighted by Gasteiger charge is 2.34. The second kappa shape index (κ2) is 4.17. The molecule has 0 bridgehead atoms. The van der Waals surface area contributed by atoms with Crippen LogP contribution in [-0.2, 0) is 0 Å². The van der Waals surface area contributed by atoms with Gasteiger partial charge in [0.15, 0.2) is 5.11 Å². The molecular formula is C8H14F2N2S. The lowest BCUT2D eigenvalue weighted by atomic mass is 10.1. The number of hydrogen-bond acceptors (Lipinski definition) is 1. The van der Waals surface area contributed by atoms with Crippen molar-refractivity contribution in [1.82, 2.24) is 10.2 Å². The van der Waals surface area contributed by atoms with Crippen molar-refractivity contribution in [1.29, 1.82) is 0 Å². The number of thiocarbonyl (C=S) groups is 1. The number of nitrogens with one attached hydrogen (secondary N) is 1. The topological polar surface area (TPSA) is 15.3 Å². The summed E-state index contributed by atoms with van der Waals surface area (Å²) in [6, 6.07) is 0. The normalized spacial score (nSPS) is 21.3. The van der Waals surface area contributed by atoms with Gasteiger partial charge in [-0.25, -0.2) is 8.78 Å². The molecule has 1 aliphatic rings. The molecule has 0 aromatic heterocycles. The zero-order valence-electron chi connectivity index (χ0n) is 7.65. The molecule has 0 radical (unpaired) electrons. The maximum absolute atomic E-state index is 12.7. The van der Waals surface area contributed by atoms with E-state index in [-0.39, 0.29) is 12.8 Å². The molecule has 0 unspecified atom stereocenters. The predicted molar refractivity (Wildman–Crippen MR) is 52.0 cm³/mol. The molecule has 1 fully saturated rings. The fraction of sp³-hybridized carbons (Fsp3) is 0.875. The van der Waals surface area contributed by atoms with E-state index in [1.807, 2.05) is 6.92 Å². The number of rotatable bonds is 1. The Morgan fingerprint density at radius 3 is 2.46 bits per heavy atom. The molecule has 1 saturated heterocycles. The van der Waals surface area contributed by atoms with E-state index >= 15 is 0 Å². The van der Waals surface area contributed by atoms with Gasteiger partial charge in [-0.15, -0.1) is 0 Å². The highest BCUT2D eigenvalue weighted by atomic mass is 32.1.